The highest BCUT2D eigenvalue weighted by Gasteiger charge is 2.14. The normalized spacial score (nSPS) is 11.1. The monoisotopic (exact) mass is 516 g/mol. The Balaban J connectivity index is 1.52. The Morgan fingerprint density at radius 3 is 2.53 bits per heavy atom. The van der Waals surface area contributed by atoms with Crippen LogP contribution in [-0.2, 0) is 11.4 Å². The van der Waals surface area contributed by atoms with Gasteiger partial charge in [0.15, 0.2) is 11.5 Å². The Labute approximate surface area is 219 Å². The van der Waals surface area contributed by atoms with E-state index in [1.54, 1.807) is 36.4 Å². The molecule has 0 aromatic heterocycles. The quantitative estimate of drug-likeness (QED) is 0.192. The van der Waals surface area contributed by atoms with E-state index in [0.29, 0.717) is 41.0 Å². The van der Waals surface area contributed by atoms with Crippen molar-refractivity contribution in [2.24, 2.45) is 0 Å². The van der Waals surface area contributed by atoms with E-state index in [1.165, 1.54) is 11.5 Å². The summed E-state index contributed by atoms with van der Waals surface area (Å²) >= 11 is 12.1. The molecule has 4 aromatic rings. The third-order valence-electron chi connectivity index (χ3n) is 5.35. The number of nitrogens with one attached hydrogen (secondary N) is 1. The number of anilines is 1. The number of halogens is 2. The number of benzene rings is 4. The first kappa shape index (κ1) is 25.1. The number of nitriles is 1. The first-order valence-corrected chi connectivity index (χ1v) is 12.0. The summed E-state index contributed by atoms with van der Waals surface area (Å²) in [6, 6.07) is 26.4. The predicted molar refractivity (Wildman–Crippen MR) is 145 cm³/mol. The van der Waals surface area contributed by atoms with Crippen molar-refractivity contribution in [3.63, 3.8) is 0 Å². The van der Waals surface area contributed by atoms with Crippen molar-refractivity contribution in [3.8, 4) is 17.6 Å². The van der Waals surface area contributed by atoms with Crippen molar-refractivity contribution in [3.05, 3.63) is 106 Å². The molecule has 1 N–H and O–H groups in total. The maximum atomic E-state index is 12.7. The number of amides is 1. The fraction of sp³-hybridized carbons (Fsp3) is 0.103. The molecule has 0 bridgehead atoms. The highest BCUT2D eigenvalue weighted by atomic mass is 35.5. The fourth-order valence-electron chi connectivity index (χ4n) is 3.60. The SMILES string of the molecule is CCOc1cc(/C=C(/C#N)C(=O)Nc2cccc(Cl)c2Cl)ccc1OCc1ccc2ccccc2c1. The van der Waals surface area contributed by atoms with Crippen LogP contribution in [0.25, 0.3) is 16.8 Å². The van der Waals surface area contributed by atoms with Gasteiger partial charge in [0.05, 0.1) is 22.3 Å². The van der Waals surface area contributed by atoms with Gasteiger partial charge < -0.3 is 14.8 Å². The lowest BCUT2D eigenvalue weighted by Gasteiger charge is -2.13. The summed E-state index contributed by atoms with van der Waals surface area (Å²) in [6.07, 6.45) is 1.48. The second kappa shape index (κ2) is 11.6. The summed E-state index contributed by atoms with van der Waals surface area (Å²) in [5.74, 6) is 0.481. The van der Waals surface area contributed by atoms with E-state index in [1.807, 2.05) is 31.2 Å². The molecule has 0 radical (unpaired) electrons. The standard InChI is InChI=1S/C29H22Cl2N2O3/c1-2-35-27-16-19(14-23(17-32)29(34)33-25-9-5-8-24(30)28(25)31)11-13-26(27)36-18-20-10-12-21-6-3-4-7-22(21)15-20/h3-16H,2,18H2,1H3,(H,33,34)/b23-14-. The molecule has 4 aromatic carbocycles. The number of carbonyl (C=O) groups excluding carboxylic acids is 1. The highest BCUT2D eigenvalue weighted by Crippen LogP contribution is 2.32. The molecule has 0 aliphatic rings. The summed E-state index contributed by atoms with van der Waals surface area (Å²) in [5.41, 5.74) is 1.87. The maximum Gasteiger partial charge on any atom is 0.266 e. The Kier molecular flexibility index (Phi) is 8.12. The molecule has 0 aliphatic carbocycles. The minimum absolute atomic E-state index is 0.0988. The number of hydrogen-bond acceptors (Lipinski definition) is 4. The molecule has 0 saturated heterocycles. The van der Waals surface area contributed by atoms with Crippen molar-refractivity contribution in [2.75, 3.05) is 11.9 Å². The van der Waals surface area contributed by atoms with E-state index >= 15 is 0 Å². The van der Waals surface area contributed by atoms with Crippen molar-refractivity contribution < 1.29 is 14.3 Å². The van der Waals surface area contributed by atoms with Gasteiger partial charge in [0.2, 0.25) is 0 Å². The molecule has 0 spiro atoms. The third kappa shape index (κ3) is 5.98. The van der Waals surface area contributed by atoms with Crippen LogP contribution in [0.5, 0.6) is 11.5 Å². The molecule has 36 heavy (non-hydrogen) atoms. The van der Waals surface area contributed by atoms with E-state index < -0.39 is 5.91 Å². The largest absolute Gasteiger partial charge is 0.490 e. The Hall–Kier alpha value is -3.98. The summed E-state index contributed by atoms with van der Waals surface area (Å²) < 4.78 is 11.8. The van der Waals surface area contributed by atoms with Gasteiger partial charge in [-0.1, -0.05) is 71.7 Å². The van der Waals surface area contributed by atoms with E-state index in [-0.39, 0.29) is 10.6 Å². The molecule has 0 heterocycles. The van der Waals surface area contributed by atoms with Crippen LogP contribution >= 0.6 is 23.2 Å². The van der Waals surface area contributed by atoms with Crippen LogP contribution in [0.1, 0.15) is 18.1 Å². The number of rotatable bonds is 8. The first-order valence-electron chi connectivity index (χ1n) is 11.2. The minimum atomic E-state index is -0.601. The highest BCUT2D eigenvalue weighted by molar-refractivity contribution is 6.44. The lowest BCUT2D eigenvalue weighted by Crippen LogP contribution is -2.13. The molecular weight excluding hydrogens is 495 g/mol. The maximum absolute atomic E-state index is 12.7. The number of fused-ring (bicyclic) bond motifs is 1. The molecule has 4 rings (SSSR count). The van der Waals surface area contributed by atoms with Gasteiger partial charge in [0.25, 0.3) is 5.91 Å². The lowest BCUT2D eigenvalue weighted by molar-refractivity contribution is -0.112. The molecular formula is C29H22Cl2N2O3. The molecule has 0 atom stereocenters. The number of carbonyl (C=O) groups is 1. The zero-order valence-electron chi connectivity index (χ0n) is 19.4. The topological polar surface area (TPSA) is 71.3 Å². The summed E-state index contributed by atoms with van der Waals surface area (Å²) in [6.45, 7) is 2.67. The van der Waals surface area contributed by atoms with Crippen molar-refractivity contribution in [2.45, 2.75) is 13.5 Å². The minimum Gasteiger partial charge on any atom is -0.490 e. The Morgan fingerprint density at radius 1 is 0.944 bits per heavy atom. The molecule has 1 amide bonds. The summed E-state index contributed by atoms with van der Waals surface area (Å²) in [4.78, 5) is 12.7. The van der Waals surface area contributed by atoms with E-state index in [0.717, 1.165) is 10.9 Å². The lowest BCUT2D eigenvalue weighted by atomic mass is 10.1. The van der Waals surface area contributed by atoms with E-state index in [2.05, 4.69) is 29.6 Å². The molecule has 0 unspecified atom stereocenters. The third-order valence-corrected chi connectivity index (χ3v) is 6.17. The zero-order chi connectivity index (χ0) is 25.5. The van der Waals surface area contributed by atoms with Crippen molar-refractivity contribution in [1.29, 1.82) is 5.26 Å². The number of ether oxygens (including phenoxy) is 2. The van der Waals surface area contributed by atoms with Gasteiger partial charge in [-0.25, -0.2) is 0 Å². The van der Waals surface area contributed by atoms with Crippen LogP contribution in [-0.4, -0.2) is 12.5 Å². The van der Waals surface area contributed by atoms with Gasteiger partial charge >= 0.3 is 0 Å². The number of hydrogen-bond donors (Lipinski definition) is 1. The van der Waals surface area contributed by atoms with Crippen LogP contribution in [0, 0.1) is 11.3 Å². The van der Waals surface area contributed by atoms with Crippen molar-refractivity contribution >= 4 is 51.6 Å². The van der Waals surface area contributed by atoms with Gasteiger partial charge in [-0.2, -0.15) is 5.26 Å². The fourth-order valence-corrected chi connectivity index (χ4v) is 3.94. The van der Waals surface area contributed by atoms with Crippen LogP contribution in [0.4, 0.5) is 5.69 Å². The molecule has 5 nitrogen and oxygen atoms in total. The van der Waals surface area contributed by atoms with Gasteiger partial charge in [-0.3, -0.25) is 4.79 Å². The first-order chi connectivity index (χ1) is 17.5. The summed E-state index contributed by atoms with van der Waals surface area (Å²) in [7, 11) is 0. The molecule has 180 valence electrons. The van der Waals surface area contributed by atoms with Crippen LogP contribution in [0.15, 0.2) is 84.4 Å². The van der Waals surface area contributed by atoms with E-state index in [4.69, 9.17) is 32.7 Å². The summed E-state index contributed by atoms with van der Waals surface area (Å²) in [5, 5.41) is 15.0. The Morgan fingerprint density at radius 2 is 1.75 bits per heavy atom. The zero-order valence-corrected chi connectivity index (χ0v) is 20.9. The van der Waals surface area contributed by atoms with E-state index in [9.17, 15) is 10.1 Å². The molecule has 7 heteroatoms. The van der Waals surface area contributed by atoms with Crippen molar-refractivity contribution in [1.82, 2.24) is 0 Å². The average Bonchev–Trinajstić information content (AvgIpc) is 2.89. The van der Waals surface area contributed by atoms with Crippen LogP contribution in [0.3, 0.4) is 0 Å². The number of nitrogens with zero attached hydrogens (tertiary/aromatic N) is 1. The van der Waals surface area contributed by atoms with Gasteiger partial charge in [-0.15, -0.1) is 0 Å². The molecule has 0 fully saturated rings. The van der Waals surface area contributed by atoms with Gasteiger partial charge in [0.1, 0.15) is 18.2 Å². The Bertz CT molecular complexity index is 1490. The second-order valence-electron chi connectivity index (χ2n) is 7.83. The van der Waals surface area contributed by atoms with Crippen LogP contribution < -0.4 is 14.8 Å². The van der Waals surface area contributed by atoms with Gasteiger partial charge in [-0.05, 0) is 65.2 Å². The second-order valence-corrected chi connectivity index (χ2v) is 8.62. The average molecular weight is 517 g/mol. The van der Waals surface area contributed by atoms with Gasteiger partial charge in [0, 0.05) is 0 Å². The molecule has 0 aliphatic heterocycles. The smallest absolute Gasteiger partial charge is 0.266 e. The van der Waals surface area contributed by atoms with Crippen LogP contribution in [0.2, 0.25) is 10.0 Å². The molecule has 0 saturated carbocycles. The predicted octanol–water partition coefficient (Wildman–Crippen LogP) is 7.67.